The van der Waals surface area contributed by atoms with Gasteiger partial charge in [0.2, 0.25) is 0 Å². The van der Waals surface area contributed by atoms with E-state index in [2.05, 4.69) is 48.7 Å². The average Bonchev–Trinajstić information content (AvgIpc) is 3.34. The topological polar surface area (TPSA) is 91.4 Å². The number of nitrogens with two attached hydrogens (primary N) is 2. The summed E-state index contributed by atoms with van der Waals surface area (Å²) in [5.41, 5.74) is 17.0. The van der Waals surface area contributed by atoms with E-state index in [-0.39, 0.29) is 11.5 Å². The Morgan fingerprint density at radius 1 is 1.15 bits per heavy atom. The summed E-state index contributed by atoms with van der Waals surface area (Å²) in [5, 5.41) is 12.0. The number of aliphatic imine (C=N–C) groups is 1. The molecular formula is C26H26ClN5S. The lowest BCUT2D eigenvalue weighted by atomic mass is 9.78. The van der Waals surface area contributed by atoms with Crippen LogP contribution >= 0.6 is 22.9 Å². The quantitative estimate of drug-likeness (QED) is 0.546. The largest absolute Gasteiger partial charge is 0.370 e. The molecule has 2 aromatic carbocycles. The standard InChI is InChI=1S/C26H26ClN5S/c1-25(23-12-19(15-33-23)18-9-16(13-28)10-21(27)11-18)22(14-32(2)24(29)31-25)17-3-5-20(6-4-17)26(30)7-8-26/h3-6,9-12,15,22H,7-8,14,30H2,1-2H3,(H2,29,31)/t22-,25+/m1/s1. The zero-order valence-corrected chi connectivity index (χ0v) is 20.2. The van der Waals surface area contributed by atoms with E-state index in [1.807, 2.05) is 24.1 Å². The van der Waals surface area contributed by atoms with Gasteiger partial charge in [-0.25, -0.2) is 4.99 Å². The number of hydrogen-bond donors (Lipinski definition) is 2. The summed E-state index contributed by atoms with van der Waals surface area (Å²) in [7, 11) is 1.98. The molecule has 7 heteroatoms. The third-order valence-corrected chi connectivity index (χ3v) is 8.38. The molecule has 5 rings (SSSR count). The fraction of sp³-hybridized carbons (Fsp3) is 0.308. The van der Waals surface area contributed by atoms with Crippen molar-refractivity contribution >= 4 is 28.9 Å². The average molecular weight is 476 g/mol. The van der Waals surface area contributed by atoms with Gasteiger partial charge in [0.15, 0.2) is 5.96 Å². The fourth-order valence-electron chi connectivity index (χ4n) is 4.65. The molecule has 3 aromatic rings. The molecule has 0 saturated heterocycles. The van der Waals surface area contributed by atoms with Crippen LogP contribution in [0.5, 0.6) is 0 Å². The van der Waals surface area contributed by atoms with Gasteiger partial charge in [-0.3, -0.25) is 0 Å². The number of thiophene rings is 1. The van der Waals surface area contributed by atoms with Crippen molar-refractivity contribution in [1.29, 1.82) is 5.26 Å². The van der Waals surface area contributed by atoms with Gasteiger partial charge in [-0.2, -0.15) is 5.26 Å². The molecule has 5 nitrogen and oxygen atoms in total. The summed E-state index contributed by atoms with van der Waals surface area (Å²) in [6.45, 7) is 2.92. The van der Waals surface area contributed by atoms with Crippen LogP contribution in [0.15, 0.2) is 58.9 Å². The summed E-state index contributed by atoms with van der Waals surface area (Å²) >= 11 is 7.91. The van der Waals surface area contributed by atoms with E-state index < -0.39 is 5.54 Å². The molecule has 0 amide bonds. The summed E-state index contributed by atoms with van der Waals surface area (Å²) in [6.07, 6.45) is 2.10. The van der Waals surface area contributed by atoms with Gasteiger partial charge in [-0.05, 0) is 71.7 Å². The molecule has 168 valence electrons. The second kappa shape index (κ2) is 7.88. The van der Waals surface area contributed by atoms with Gasteiger partial charge in [0.25, 0.3) is 0 Å². The number of guanidine groups is 1. The highest BCUT2D eigenvalue weighted by atomic mass is 35.5. The molecule has 0 spiro atoms. The Morgan fingerprint density at radius 2 is 1.88 bits per heavy atom. The molecule has 1 aliphatic heterocycles. The lowest BCUT2D eigenvalue weighted by Gasteiger charge is -2.41. The molecule has 1 aliphatic carbocycles. The number of hydrogen-bond acceptors (Lipinski definition) is 6. The summed E-state index contributed by atoms with van der Waals surface area (Å²) in [4.78, 5) is 8.13. The lowest BCUT2D eigenvalue weighted by molar-refractivity contribution is 0.294. The molecule has 1 fully saturated rings. The molecule has 2 aliphatic rings. The Bertz CT molecular complexity index is 1280. The normalized spacial score (nSPS) is 23.7. The highest BCUT2D eigenvalue weighted by Gasteiger charge is 2.43. The van der Waals surface area contributed by atoms with Crippen LogP contribution in [0.4, 0.5) is 0 Å². The highest BCUT2D eigenvalue weighted by molar-refractivity contribution is 7.10. The second-order valence-corrected chi connectivity index (χ2v) is 10.7. The molecule has 0 unspecified atom stereocenters. The van der Waals surface area contributed by atoms with E-state index in [1.165, 1.54) is 11.1 Å². The molecular weight excluding hydrogens is 450 g/mol. The highest BCUT2D eigenvalue weighted by Crippen LogP contribution is 2.48. The van der Waals surface area contributed by atoms with Crippen molar-refractivity contribution in [3.05, 3.63) is 80.5 Å². The second-order valence-electron chi connectivity index (χ2n) is 9.37. The van der Waals surface area contributed by atoms with Crippen molar-refractivity contribution in [2.24, 2.45) is 16.5 Å². The fourth-order valence-corrected chi connectivity index (χ4v) is 5.96. The minimum Gasteiger partial charge on any atom is -0.370 e. The van der Waals surface area contributed by atoms with Crippen LogP contribution in [0.1, 0.15) is 47.3 Å². The number of nitrogens with zero attached hydrogens (tertiary/aromatic N) is 3. The zero-order valence-electron chi connectivity index (χ0n) is 18.7. The molecule has 0 radical (unpaired) electrons. The van der Waals surface area contributed by atoms with Crippen LogP contribution in [0, 0.1) is 11.3 Å². The van der Waals surface area contributed by atoms with Crippen molar-refractivity contribution in [3.8, 4) is 17.2 Å². The minimum absolute atomic E-state index is 0.123. The van der Waals surface area contributed by atoms with Crippen molar-refractivity contribution in [2.45, 2.75) is 36.8 Å². The van der Waals surface area contributed by atoms with Crippen LogP contribution < -0.4 is 11.5 Å². The first-order chi connectivity index (χ1) is 15.7. The van der Waals surface area contributed by atoms with Gasteiger partial charge in [0.1, 0.15) is 5.54 Å². The van der Waals surface area contributed by atoms with E-state index in [0.717, 1.165) is 35.4 Å². The van der Waals surface area contributed by atoms with Crippen LogP contribution in [-0.4, -0.2) is 24.5 Å². The molecule has 2 atom stereocenters. The van der Waals surface area contributed by atoms with Crippen molar-refractivity contribution < 1.29 is 0 Å². The summed E-state index contributed by atoms with van der Waals surface area (Å²) in [5.74, 6) is 0.658. The number of nitriles is 1. The van der Waals surface area contributed by atoms with Gasteiger partial charge in [-0.15, -0.1) is 11.3 Å². The van der Waals surface area contributed by atoms with E-state index >= 15 is 0 Å². The van der Waals surface area contributed by atoms with E-state index in [1.54, 1.807) is 17.4 Å². The number of rotatable bonds is 4. The van der Waals surface area contributed by atoms with Crippen LogP contribution in [0.3, 0.4) is 0 Å². The Labute approximate surface area is 203 Å². The molecule has 0 bridgehead atoms. The maximum Gasteiger partial charge on any atom is 0.191 e. The summed E-state index contributed by atoms with van der Waals surface area (Å²) in [6, 6.07) is 18.5. The Morgan fingerprint density at radius 3 is 2.55 bits per heavy atom. The third kappa shape index (κ3) is 3.91. The monoisotopic (exact) mass is 475 g/mol. The zero-order chi connectivity index (χ0) is 23.4. The van der Waals surface area contributed by atoms with Gasteiger partial charge in [0, 0.05) is 34.9 Å². The molecule has 1 saturated carbocycles. The van der Waals surface area contributed by atoms with Crippen LogP contribution in [0.25, 0.3) is 11.1 Å². The van der Waals surface area contributed by atoms with E-state index in [9.17, 15) is 5.26 Å². The Balaban J connectivity index is 1.54. The van der Waals surface area contributed by atoms with Crippen LogP contribution in [-0.2, 0) is 11.1 Å². The first-order valence-corrected chi connectivity index (χ1v) is 12.2. The van der Waals surface area contributed by atoms with Crippen molar-refractivity contribution in [3.63, 3.8) is 0 Å². The van der Waals surface area contributed by atoms with E-state index in [4.69, 9.17) is 28.1 Å². The van der Waals surface area contributed by atoms with Crippen molar-refractivity contribution in [1.82, 2.24) is 4.90 Å². The van der Waals surface area contributed by atoms with E-state index in [0.29, 0.717) is 16.5 Å². The Kier molecular flexibility index (Phi) is 5.24. The first kappa shape index (κ1) is 22.0. The third-order valence-electron chi connectivity index (χ3n) is 7.01. The predicted molar refractivity (Wildman–Crippen MR) is 135 cm³/mol. The number of halogens is 1. The van der Waals surface area contributed by atoms with Crippen molar-refractivity contribution in [2.75, 3.05) is 13.6 Å². The van der Waals surface area contributed by atoms with Gasteiger partial charge in [-0.1, -0.05) is 35.9 Å². The first-order valence-electron chi connectivity index (χ1n) is 11.0. The van der Waals surface area contributed by atoms with Gasteiger partial charge < -0.3 is 16.4 Å². The maximum atomic E-state index is 9.32. The Hall–Kier alpha value is -2.85. The summed E-state index contributed by atoms with van der Waals surface area (Å²) < 4.78 is 0. The number of likely N-dealkylation sites (N-methyl/N-ethyl adjacent to an activating group) is 1. The SMILES string of the molecule is CN1C[C@H](c2ccc(C3(N)CC3)cc2)[C@@](C)(c2cc(-c3cc(Cl)cc(C#N)c3)cs2)N=C1N. The molecule has 1 aromatic heterocycles. The minimum atomic E-state index is -0.516. The molecule has 4 N–H and O–H groups in total. The van der Waals surface area contributed by atoms with Crippen LogP contribution in [0.2, 0.25) is 5.02 Å². The number of benzene rings is 2. The maximum absolute atomic E-state index is 9.32. The molecule has 2 heterocycles. The smallest absolute Gasteiger partial charge is 0.191 e. The lowest BCUT2D eigenvalue weighted by Crippen LogP contribution is -2.48. The van der Waals surface area contributed by atoms with Gasteiger partial charge in [0.05, 0.1) is 11.6 Å². The molecule has 33 heavy (non-hydrogen) atoms. The predicted octanol–water partition coefficient (Wildman–Crippen LogP) is 5.15. The van der Waals surface area contributed by atoms with Gasteiger partial charge >= 0.3 is 0 Å².